The highest BCUT2D eigenvalue weighted by Gasteiger charge is 2.57. The number of carboxylic acids is 1. The van der Waals surface area contributed by atoms with Gasteiger partial charge in [-0.3, -0.25) is 4.79 Å². The molecular weight excluding hydrogens is 410 g/mol. The van der Waals surface area contributed by atoms with E-state index in [1.165, 1.54) is 4.90 Å². The number of carbonyl (C=O) groups is 2. The van der Waals surface area contributed by atoms with Crippen molar-refractivity contribution >= 4 is 41.5 Å². The zero-order chi connectivity index (χ0) is 20.1. The lowest BCUT2D eigenvalue weighted by Crippen LogP contribution is -2.57. The number of amides is 1. The maximum absolute atomic E-state index is 12.7. The van der Waals surface area contributed by atoms with E-state index in [1.807, 2.05) is 36.5 Å². The van der Waals surface area contributed by atoms with Crippen molar-refractivity contribution in [2.45, 2.75) is 34.8 Å². The summed E-state index contributed by atoms with van der Waals surface area (Å²) in [6, 6.07) is 6.80. The second-order valence-electron chi connectivity index (χ2n) is 7.16. The molecule has 1 aromatic carbocycles. The molecule has 0 spiro atoms. The Bertz CT molecular complexity index is 996. The molecule has 1 aromatic heterocycles. The first kappa shape index (κ1) is 18.6. The van der Waals surface area contributed by atoms with Crippen molar-refractivity contribution in [3.63, 3.8) is 0 Å². The molecule has 2 fully saturated rings. The fraction of sp³-hybridized carbons (Fsp3) is 0.350. The molecule has 2 unspecified atom stereocenters. The Morgan fingerprint density at radius 2 is 2.17 bits per heavy atom. The molecule has 2 saturated heterocycles. The van der Waals surface area contributed by atoms with Gasteiger partial charge in [-0.05, 0) is 30.2 Å². The Balaban J connectivity index is 1.37. The lowest BCUT2D eigenvalue weighted by molar-refractivity contribution is -0.151. The zero-order valence-corrected chi connectivity index (χ0v) is 17.3. The minimum Gasteiger partial charge on any atom is -0.497 e. The Labute approximate surface area is 176 Å². The number of carbonyl (C=O) groups excluding carboxylic acids is 1. The van der Waals surface area contributed by atoms with Crippen LogP contribution in [0, 0.1) is 0 Å². The van der Waals surface area contributed by atoms with Gasteiger partial charge in [0, 0.05) is 23.7 Å². The van der Waals surface area contributed by atoms with E-state index >= 15 is 0 Å². The molecule has 7 nitrogen and oxygen atoms in total. The maximum Gasteiger partial charge on any atom is 0.327 e. The van der Waals surface area contributed by atoms with Crippen LogP contribution in [0.3, 0.4) is 0 Å². The summed E-state index contributed by atoms with van der Waals surface area (Å²) in [5.74, 6) is 0.630. The number of aliphatic carboxylic acids is 1. The third-order valence-corrected chi connectivity index (χ3v) is 7.91. The molecule has 150 valence electrons. The van der Waals surface area contributed by atoms with Crippen LogP contribution in [-0.2, 0) is 22.6 Å². The Morgan fingerprint density at radius 3 is 2.86 bits per heavy atom. The van der Waals surface area contributed by atoms with Gasteiger partial charge in [-0.1, -0.05) is 23.9 Å². The maximum atomic E-state index is 12.7. The summed E-state index contributed by atoms with van der Waals surface area (Å²) in [5, 5.41) is 10.3. The molecule has 1 amide bonds. The summed E-state index contributed by atoms with van der Waals surface area (Å²) >= 11 is 3.25. The predicted molar refractivity (Wildman–Crippen MR) is 111 cm³/mol. The van der Waals surface area contributed by atoms with Gasteiger partial charge in [-0.2, -0.15) is 0 Å². The number of nitrogens with zero attached hydrogens (tertiary/aromatic N) is 3. The van der Waals surface area contributed by atoms with Crippen molar-refractivity contribution in [3.8, 4) is 5.75 Å². The van der Waals surface area contributed by atoms with E-state index in [-0.39, 0.29) is 16.5 Å². The van der Waals surface area contributed by atoms with E-state index in [9.17, 15) is 14.7 Å². The smallest absolute Gasteiger partial charge is 0.327 e. The van der Waals surface area contributed by atoms with E-state index < -0.39 is 12.0 Å². The Hall–Kier alpha value is -2.39. The standard InChI is InChI=1S/C20H19N3O4S2/c1-27-13-4-2-11(3-5-13)8-15-16(19(25)26)23-17(24)14(18(23)29-15)9-12-10-22-6-7-28-20(22)21-12/h2-5,9-10,15-16,18H,6-8H2,1H3,(H,25,26)/t15?,16?,18-/m1/s1. The van der Waals surface area contributed by atoms with Gasteiger partial charge < -0.3 is 19.3 Å². The quantitative estimate of drug-likeness (QED) is 0.577. The number of fused-ring (bicyclic) bond motifs is 2. The monoisotopic (exact) mass is 429 g/mol. The van der Waals surface area contributed by atoms with Crippen molar-refractivity contribution in [1.82, 2.24) is 14.5 Å². The fourth-order valence-electron chi connectivity index (χ4n) is 4.00. The number of aromatic nitrogens is 2. The van der Waals surface area contributed by atoms with Crippen LogP contribution in [0.1, 0.15) is 11.3 Å². The lowest BCUT2D eigenvalue weighted by atomic mass is 9.97. The van der Waals surface area contributed by atoms with Crippen molar-refractivity contribution in [2.75, 3.05) is 12.9 Å². The van der Waals surface area contributed by atoms with E-state index in [0.29, 0.717) is 12.0 Å². The van der Waals surface area contributed by atoms with Crippen LogP contribution < -0.4 is 4.74 Å². The number of carboxylic acid groups (broad SMARTS) is 1. The number of hydrogen-bond donors (Lipinski definition) is 1. The molecule has 1 N–H and O–H groups in total. The molecule has 9 heteroatoms. The van der Waals surface area contributed by atoms with Crippen LogP contribution in [0.5, 0.6) is 5.75 Å². The lowest BCUT2D eigenvalue weighted by Gasteiger charge is -2.38. The minimum atomic E-state index is -0.955. The SMILES string of the molecule is COc1ccc(CC2S[C@@H]3C(=Cc4cn5c(n4)SCC5)C(=O)N3C2C(=O)O)cc1. The van der Waals surface area contributed by atoms with Gasteiger partial charge in [0.1, 0.15) is 17.2 Å². The van der Waals surface area contributed by atoms with Crippen molar-refractivity contribution in [2.24, 2.45) is 0 Å². The second kappa shape index (κ2) is 7.14. The number of thioether (sulfide) groups is 2. The normalized spacial score (nSPS) is 26.4. The van der Waals surface area contributed by atoms with Gasteiger partial charge in [-0.25, -0.2) is 9.78 Å². The molecular formula is C20H19N3O4S2. The summed E-state index contributed by atoms with van der Waals surface area (Å²) in [6.07, 6.45) is 4.35. The largest absolute Gasteiger partial charge is 0.497 e. The third kappa shape index (κ3) is 3.12. The van der Waals surface area contributed by atoms with E-state index in [4.69, 9.17) is 4.74 Å². The van der Waals surface area contributed by atoms with Gasteiger partial charge in [0.25, 0.3) is 5.91 Å². The highest BCUT2D eigenvalue weighted by molar-refractivity contribution is 8.01. The highest BCUT2D eigenvalue weighted by Crippen LogP contribution is 2.49. The molecule has 2 aromatic rings. The summed E-state index contributed by atoms with van der Waals surface area (Å²) in [6.45, 7) is 0.930. The number of methoxy groups -OCH3 is 1. The molecule has 0 saturated carbocycles. The minimum absolute atomic E-state index is 0.201. The molecule has 0 radical (unpaired) electrons. The number of β-lactam (4-membered cyclic amide) rings is 1. The number of benzene rings is 1. The van der Waals surface area contributed by atoms with E-state index in [1.54, 1.807) is 30.6 Å². The van der Waals surface area contributed by atoms with Crippen LogP contribution in [0.25, 0.3) is 6.08 Å². The molecule has 5 rings (SSSR count). The van der Waals surface area contributed by atoms with E-state index in [2.05, 4.69) is 9.55 Å². The summed E-state index contributed by atoms with van der Waals surface area (Å²) in [4.78, 5) is 30.7. The topological polar surface area (TPSA) is 84.7 Å². The number of imidazole rings is 1. The van der Waals surface area contributed by atoms with Gasteiger partial charge in [-0.15, -0.1) is 11.8 Å². The molecule has 3 aliphatic rings. The van der Waals surface area contributed by atoms with Gasteiger partial charge in [0.15, 0.2) is 5.16 Å². The van der Waals surface area contributed by atoms with Crippen molar-refractivity contribution < 1.29 is 19.4 Å². The van der Waals surface area contributed by atoms with E-state index in [0.717, 1.165) is 34.5 Å². The molecule has 3 aliphatic heterocycles. The Morgan fingerprint density at radius 1 is 1.38 bits per heavy atom. The predicted octanol–water partition coefficient (Wildman–Crippen LogP) is 2.36. The Kier molecular flexibility index (Phi) is 4.59. The average Bonchev–Trinajstić information content (AvgIpc) is 3.38. The first-order chi connectivity index (χ1) is 14.0. The van der Waals surface area contributed by atoms with Gasteiger partial charge >= 0.3 is 5.97 Å². The van der Waals surface area contributed by atoms with Gasteiger partial charge in [0.05, 0.1) is 18.4 Å². The molecule has 29 heavy (non-hydrogen) atoms. The van der Waals surface area contributed by atoms with Gasteiger partial charge in [0.2, 0.25) is 0 Å². The number of rotatable bonds is 5. The molecule has 0 bridgehead atoms. The first-order valence-electron chi connectivity index (χ1n) is 9.30. The third-order valence-electron chi connectivity index (χ3n) is 5.43. The van der Waals surface area contributed by atoms with Crippen LogP contribution in [0.15, 0.2) is 41.2 Å². The molecule has 3 atom stereocenters. The van der Waals surface area contributed by atoms with Crippen LogP contribution in [0.4, 0.5) is 0 Å². The summed E-state index contributed by atoms with van der Waals surface area (Å²) < 4.78 is 7.27. The van der Waals surface area contributed by atoms with Crippen LogP contribution >= 0.6 is 23.5 Å². The van der Waals surface area contributed by atoms with Crippen molar-refractivity contribution in [3.05, 3.63) is 47.3 Å². The number of hydrogen-bond acceptors (Lipinski definition) is 6. The number of ether oxygens (including phenoxy) is 1. The second-order valence-corrected chi connectivity index (χ2v) is 9.55. The molecule has 0 aliphatic carbocycles. The average molecular weight is 430 g/mol. The van der Waals surface area contributed by atoms with Crippen molar-refractivity contribution in [1.29, 1.82) is 0 Å². The first-order valence-corrected chi connectivity index (χ1v) is 11.2. The summed E-state index contributed by atoms with van der Waals surface area (Å²) in [7, 11) is 1.61. The highest BCUT2D eigenvalue weighted by atomic mass is 32.2. The molecule has 4 heterocycles. The van der Waals surface area contributed by atoms with Crippen LogP contribution in [-0.4, -0.2) is 61.0 Å². The zero-order valence-electron chi connectivity index (χ0n) is 15.6. The van der Waals surface area contributed by atoms with Crippen LogP contribution in [0.2, 0.25) is 0 Å². The summed E-state index contributed by atoms with van der Waals surface area (Å²) in [5.41, 5.74) is 2.43. The fourth-order valence-corrected chi connectivity index (χ4v) is 6.64. The number of aryl methyl sites for hydroxylation is 1.